The maximum absolute atomic E-state index is 12.9. The SMILES string of the molecule is O=C(CNCC(c1ccccc1Cl)N1CCCC1)c1cccc(S(=O)(=O)N2CCOCC2)c1. The van der Waals surface area contributed by atoms with E-state index in [-0.39, 0.29) is 23.3 Å². The molecule has 1 atom stereocenters. The highest BCUT2D eigenvalue weighted by atomic mass is 35.5. The van der Waals surface area contributed by atoms with Crippen molar-refractivity contribution in [2.45, 2.75) is 23.8 Å². The van der Waals surface area contributed by atoms with Crippen LogP contribution in [0.3, 0.4) is 0 Å². The van der Waals surface area contributed by atoms with Gasteiger partial charge in [0, 0.05) is 36.3 Å². The number of ether oxygens (including phenoxy) is 1. The first kappa shape index (κ1) is 24.3. The number of benzene rings is 2. The molecule has 2 aromatic carbocycles. The zero-order chi connectivity index (χ0) is 23.3. The summed E-state index contributed by atoms with van der Waals surface area (Å²) in [7, 11) is -3.64. The van der Waals surface area contributed by atoms with Crippen LogP contribution >= 0.6 is 11.6 Å². The van der Waals surface area contributed by atoms with E-state index in [9.17, 15) is 13.2 Å². The standard InChI is InChI=1S/C24H30ClN3O4S/c25-22-9-2-1-8-21(22)23(27-10-3-4-11-27)17-26-18-24(29)19-6-5-7-20(16-19)33(30,31)28-12-14-32-15-13-28/h1-2,5-9,16,23,26H,3-4,10-15,17-18H2. The molecule has 4 rings (SSSR count). The van der Waals surface area contributed by atoms with Gasteiger partial charge in [-0.15, -0.1) is 0 Å². The van der Waals surface area contributed by atoms with Crippen LogP contribution in [0.4, 0.5) is 0 Å². The van der Waals surface area contributed by atoms with E-state index in [0.717, 1.165) is 36.5 Å². The van der Waals surface area contributed by atoms with Crippen LogP contribution in [0.5, 0.6) is 0 Å². The van der Waals surface area contributed by atoms with Crippen molar-refractivity contribution in [1.82, 2.24) is 14.5 Å². The van der Waals surface area contributed by atoms with Crippen molar-refractivity contribution in [2.24, 2.45) is 0 Å². The van der Waals surface area contributed by atoms with Crippen LogP contribution in [0.1, 0.15) is 34.8 Å². The molecule has 1 N–H and O–H groups in total. The second kappa shape index (κ2) is 11.1. The van der Waals surface area contributed by atoms with Gasteiger partial charge in [0.25, 0.3) is 0 Å². The zero-order valence-corrected chi connectivity index (χ0v) is 20.2. The minimum atomic E-state index is -3.64. The molecule has 2 saturated heterocycles. The fourth-order valence-electron chi connectivity index (χ4n) is 4.42. The molecule has 178 valence electrons. The van der Waals surface area contributed by atoms with E-state index in [1.807, 2.05) is 24.3 Å². The number of carbonyl (C=O) groups is 1. The van der Waals surface area contributed by atoms with E-state index < -0.39 is 10.0 Å². The van der Waals surface area contributed by atoms with Crippen molar-refractivity contribution < 1.29 is 17.9 Å². The molecule has 2 heterocycles. The third kappa shape index (κ3) is 5.82. The van der Waals surface area contributed by atoms with Gasteiger partial charge < -0.3 is 10.1 Å². The number of rotatable bonds is 9. The summed E-state index contributed by atoms with van der Waals surface area (Å²) in [5, 5.41) is 4.01. The van der Waals surface area contributed by atoms with Crippen molar-refractivity contribution in [1.29, 1.82) is 0 Å². The number of sulfonamides is 1. The van der Waals surface area contributed by atoms with Crippen LogP contribution in [0.15, 0.2) is 53.4 Å². The van der Waals surface area contributed by atoms with Crippen LogP contribution in [-0.4, -0.2) is 75.9 Å². The Balaban J connectivity index is 1.42. The first-order valence-electron chi connectivity index (χ1n) is 11.4. The summed E-state index contributed by atoms with van der Waals surface area (Å²) in [6.45, 7) is 4.12. The topological polar surface area (TPSA) is 79.0 Å². The predicted octanol–water partition coefficient (Wildman–Crippen LogP) is 2.97. The smallest absolute Gasteiger partial charge is 0.243 e. The molecule has 9 heteroatoms. The van der Waals surface area contributed by atoms with Gasteiger partial charge >= 0.3 is 0 Å². The van der Waals surface area contributed by atoms with Crippen molar-refractivity contribution in [2.75, 3.05) is 52.5 Å². The summed E-state index contributed by atoms with van der Waals surface area (Å²) in [5.74, 6) is -0.145. The normalized spacial score (nSPS) is 18.9. The van der Waals surface area contributed by atoms with Crippen LogP contribution in [0.2, 0.25) is 5.02 Å². The molecule has 0 aromatic heterocycles. The second-order valence-corrected chi connectivity index (χ2v) is 10.7. The fraction of sp³-hybridized carbons (Fsp3) is 0.458. The lowest BCUT2D eigenvalue weighted by Gasteiger charge is -2.29. The third-order valence-electron chi connectivity index (χ3n) is 6.23. The molecule has 2 fully saturated rings. The molecule has 33 heavy (non-hydrogen) atoms. The van der Waals surface area contributed by atoms with Gasteiger partial charge in [-0.25, -0.2) is 8.42 Å². The van der Waals surface area contributed by atoms with Crippen LogP contribution < -0.4 is 5.32 Å². The monoisotopic (exact) mass is 491 g/mol. The number of hydrogen-bond donors (Lipinski definition) is 1. The van der Waals surface area contributed by atoms with E-state index in [1.165, 1.54) is 16.4 Å². The minimum Gasteiger partial charge on any atom is -0.379 e. The van der Waals surface area contributed by atoms with Gasteiger partial charge in [-0.05, 0) is 49.7 Å². The second-order valence-electron chi connectivity index (χ2n) is 8.38. The van der Waals surface area contributed by atoms with Crippen molar-refractivity contribution in [3.05, 3.63) is 64.7 Å². The fourth-order valence-corrected chi connectivity index (χ4v) is 6.14. The van der Waals surface area contributed by atoms with Crippen LogP contribution in [0, 0.1) is 0 Å². The lowest BCUT2D eigenvalue weighted by atomic mass is 10.0. The molecule has 7 nitrogen and oxygen atoms in total. The van der Waals surface area contributed by atoms with Crippen LogP contribution in [0.25, 0.3) is 0 Å². The molecule has 2 aliphatic rings. The van der Waals surface area contributed by atoms with E-state index in [4.69, 9.17) is 16.3 Å². The van der Waals surface area contributed by atoms with Crippen molar-refractivity contribution >= 4 is 27.4 Å². The average molecular weight is 492 g/mol. The van der Waals surface area contributed by atoms with E-state index in [0.29, 0.717) is 38.4 Å². The molecular weight excluding hydrogens is 462 g/mol. The summed E-state index contributed by atoms with van der Waals surface area (Å²) in [6, 6.07) is 14.2. The first-order chi connectivity index (χ1) is 16.0. The highest BCUT2D eigenvalue weighted by Crippen LogP contribution is 2.29. The maximum atomic E-state index is 12.9. The molecule has 0 radical (unpaired) electrons. The van der Waals surface area contributed by atoms with E-state index in [2.05, 4.69) is 10.2 Å². The molecule has 0 aliphatic carbocycles. The van der Waals surface area contributed by atoms with Crippen molar-refractivity contribution in [3.8, 4) is 0 Å². The number of Topliss-reactive ketones (excluding diaryl/α,β-unsaturated/α-hetero) is 1. The highest BCUT2D eigenvalue weighted by Gasteiger charge is 2.27. The van der Waals surface area contributed by atoms with Gasteiger partial charge in [-0.3, -0.25) is 9.69 Å². The molecular formula is C24H30ClN3O4S. The van der Waals surface area contributed by atoms with Gasteiger partial charge in [-0.2, -0.15) is 4.31 Å². The number of carbonyl (C=O) groups excluding carboxylic acids is 1. The number of halogens is 1. The molecule has 0 amide bonds. The van der Waals surface area contributed by atoms with Gasteiger partial charge in [0.05, 0.1) is 24.7 Å². The third-order valence-corrected chi connectivity index (χ3v) is 8.47. The summed E-state index contributed by atoms with van der Waals surface area (Å²) < 4.78 is 32.5. The Morgan fingerprint density at radius 2 is 1.76 bits per heavy atom. The molecule has 2 aromatic rings. The largest absolute Gasteiger partial charge is 0.379 e. The molecule has 0 bridgehead atoms. The molecule has 0 saturated carbocycles. The summed E-state index contributed by atoms with van der Waals surface area (Å²) in [5.41, 5.74) is 1.44. The van der Waals surface area contributed by atoms with E-state index >= 15 is 0 Å². The minimum absolute atomic E-state index is 0.0852. The van der Waals surface area contributed by atoms with Gasteiger partial charge in [0.15, 0.2) is 5.78 Å². The average Bonchev–Trinajstić information content (AvgIpc) is 3.38. The number of nitrogens with zero attached hydrogens (tertiary/aromatic N) is 2. The number of nitrogens with one attached hydrogen (secondary N) is 1. The predicted molar refractivity (Wildman–Crippen MR) is 128 cm³/mol. The number of likely N-dealkylation sites (tertiary alicyclic amines) is 1. The highest BCUT2D eigenvalue weighted by molar-refractivity contribution is 7.89. The maximum Gasteiger partial charge on any atom is 0.243 e. The quantitative estimate of drug-likeness (QED) is 0.543. The zero-order valence-electron chi connectivity index (χ0n) is 18.6. The Hall–Kier alpha value is -1.81. The Morgan fingerprint density at radius 1 is 1.03 bits per heavy atom. The Morgan fingerprint density at radius 3 is 2.48 bits per heavy atom. The number of ketones is 1. The van der Waals surface area contributed by atoms with Gasteiger partial charge in [0.1, 0.15) is 0 Å². The summed E-state index contributed by atoms with van der Waals surface area (Å²) >= 11 is 6.47. The van der Waals surface area contributed by atoms with Crippen molar-refractivity contribution in [3.63, 3.8) is 0 Å². The summed E-state index contributed by atoms with van der Waals surface area (Å²) in [4.78, 5) is 15.4. The Bertz CT molecular complexity index is 1070. The van der Waals surface area contributed by atoms with Gasteiger partial charge in [-0.1, -0.05) is 41.9 Å². The lowest BCUT2D eigenvalue weighted by Crippen LogP contribution is -2.40. The molecule has 0 spiro atoms. The number of morpholine rings is 1. The first-order valence-corrected chi connectivity index (χ1v) is 13.2. The molecule has 1 unspecified atom stereocenters. The number of hydrogen-bond acceptors (Lipinski definition) is 6. The summed E-state index contributed by atoms with van der Waals surface area (Å²) in [6.07, 6.45) is 2.31. The van der Waals surface area contributed by atoms with E-state index in [1.54, 1.807) is 12.1 Å². The Labute approximate surface area is 200 Å². The Kier molecular flexibility index (Phi) is 8.16. The van der Waals surface area contributed by atoms with Crippen LogP contribution in [-0.2, 0) is 14.8 Å². The molecule has 2 aliphatic heterocycles. The van der Waals surface area contributed by atoms with Gasteiger partial charge in [0.2, 0.25) is 10.0 Å². The lowest BCUT2D eigenvalue weighted by molar-refractivity contribution is 0.0730.